The summed E-state index contributed by atoms with van der Waals surface area (Å²) in [7, 11) is 0. The molecule has 0 radical (unpaired) electrons. The second-order valence-electron chi connectivity index (χ2n) is 10.8. The van der Waals surface area contributed by atoms with Crippen molar-refractivity contribution in [1.29, 1.82) is 0 Å². The molecule has 2 aromatic heterocycles. The summed E-state index contributed by atoms with van der Waals surface area (Å²) in [4.78, 5) is 7.54. The van der Waals surface area contributed by atoms with Crippen LogP contribution in [0.3, 0.4) is 0 Å². The van der Waals surface area contributed by atoms with Crippen molar-refractivity contribution in [3.63, 3.8) is 0 Å². The molecule has 1 aliphatic heterocycles. The third-order valence-corrected chi connectivity index (χ3v) is 8.48. The van der Waals surface area contributed by atoms with Gasteiger partial charge in [-0.15, -0.1) is 0 Å². The van der Waals surface area contributed by atoms with Crippen molar-refractivity contribution >= 4 is 49.8 Å². The molecule has 9 rings (SSSR count). The van der Waals surface area contributed by atoms with Crippen LogP contribution in [0.25, 0.3) is 60.8 Å². The highest BCUT2D eigenvalue weighted by atomic mass is 15.2. The monoisotopic (exact) mass is 535 g/mol. The highest BCUT2D eigenvalue weighted by Gasteiger charge is 2.27. The second-order valence-corrected chi connectivity index (χ2v) is 10.8. The van der Waals surface area contributed by atoms with Crippen molar-refractivity contribution in [2.24, 2.45) is 0 Å². The maximum absolute atomic E-state index is 5.15. The zero-order valence-corrected chi connectivity index (χ0v) is 22.8. The Balaban J connectivity index is 1.29. The molecule has 0 spiro atoms. The highest BCUT2D eigenvalue weighted by Crippen LogP contribution is 2.51. The number of hydrogen-bond acceptors (Lipinski definition) is 2. The van der Waals surface area contributed by atoms with Crippen LogP contribution in [-0.4, -0.2) is 9.55 Å². The Bertz CT molecular complexity index is 2260. The highest BCUT2D eigenvalue weighted by molar-refractivity contribution is 6.14. The quantitative estimate of drug-likeness (QED) is 0.224. The lowest BCUT2D eigenvalue weighted by Gasteiger charge is -2.33. The Hall–Kier alpha value is -5.67. The first-order chi connectivity index (χ1) is 20.8. The van der Waals surface area contributed by atoms with Crippen LogP contribution < -0.4 is 4.90 Å². The van der Waals surface area contributed by atoms with Crippen LogP contribution in [0, 0.1) is 0 Å². The van der Waals surface area contributed by atoms with Crippen LogP contribution in [-0.2, 0) is 0 Å². The van der Waals surface area contributed by atoms with Gasteiger partial charge in [-0.2, -0.15) is 0 Å². The molecule has 6 aromatic carbocycles. The molecule has 196 valence electrons. The minimum atomic E-state index is 0.992. The summed E-state index contributed by atoms with van der Waals surface area (Å²) >= 11 is 0. The summed E-state index contributed by atoms with van der Waals surface area (Å²) in [5.41, 5.74) is 12.5. The summed E-state index contributed by atoms with van der Waals surface area (Å²) in [6, 6.07) is 54.2. The molecule has 0 amide bonds. The van der Waals surface area contributed by atoms with Crippen molar-refractivity contribution < 1.29 is 0 Å². The lowest BCUT2D eigenvalue weighted by molar-refractivity contribution is 1.17. The van der Waals surface area contributed by atoms with Gasteiger partial charge in [0.1, 0.15) is 0 Å². The van der Waals surface area contributed by atoms with Gasteiger partial charge in [-0.1, -0.05) is 97.1 Å². The van der Waals surface area contributed by atoms with E-state index in [9.17, 15) is 0 Å². The summed E-state index contributed by atoms with van der Waals surface area (Å²) in [5.74, 6) is 0. The smallest absolute Gasteiger partial charge is 0.0736 e. The summed E-state index contributed by atoms with van der Waals surface area (Å²) < 4.78 is 2.38. The minimum absolute atomic E-state index is 0.992. The number of aromatic nitrogens is 2. The topological polar surface area (TPSA) is 21.1 Å². The number of nitrogens with zero attached hydrogens (tertiary/aromatic N) is 3. The fraction of sp³-hybridized carbons (Fsp3) is 0. The number of hydrogen-bond donors (Lipinski definition) is 0. The van der Waals surface area contributed by atoms with Gasteiger partial charge >= 0.3 is 0 Å². The normalized spacial score (nSPS) is 12.2. The molecule has 8 aromatic rings. The molecule has 0 unspecified atom stereocenters. The number of pyridine rings is 1. The summed E-state index contributed by atoms with van der Waals surface area (Å²) in [6.45, 7) is 0. The lowest BCUT2D eigenvalue weighted by atomic mass is 9.91. The Kier molecular flexibility index (Phi) is 4.90. The molecule has 1 aliphatic rings. The molecule has 0 bridgehead atoms. The van der Waals surface area contributed by atoms with Gasteiger partial charge in [0.2, 0.25) is 0 Å². The van der Waals surface area contributed by atoms with Gasteiger partial charge < -0.3 is 9.47 Å². The van der Waals surface area contributed by atoms with E-state index in [2.05, 4.69) is 155 Å². The summed E-state index contributed by atoms with van der Waals surface area (Å²) in [5, 5.41) is 3.71. The number of para-hydroxylation sites is 3. The molecule has 0 atom stereocenters. The van der Waals surface area contributed by atoms with E-state index in [0.29, 0.717) is 0 Å². The van der Waals surface area contributed by atoms with Crippen molar-refractivity contribution in [2.45, 2.75) is 0 Å². The molecular formula is C39H25N3. The van der Waals surface area contributed by atoms with E-state index in [1.54, 1.807) is 0 Å². The molecule has 0 saturated carbocycles. The van der Waals surface area contributed by atoms with Crippen LogP contribution in [0.4, 0.5) is 17.1 Å². The van der Waals surface area contributed by atoms with E-state index in [1.807, 2.05) is 6.07 Å². The van der Waals surface area contributed by atoms with Crippen LogP contribution in [0.5, 0.6) is 0 Å². The lowest BCUT2D eigenvalue weighted by Crippen LogP contribution is -2.15. The largest absolute Gasteiger partial charge is 0.309 e. The van der Waals surface area contributed by atoms with E-state index >= 15 is 0 Å². The molecule has 0 fully saturated rings. The summed E-state index contributed by atoms with van der Waals surface area (Å²) in [6.07, 6.45) is 0. The molecule has 3 heterocycles. The SMILES string of the molecule is c1ccc(-c2cc3c4c(cccc4n2)N(c2cccc(-n4c5ccccc5c5ccccc54)c2)c2ccccc2-3)cc1. The molecule has 42 heavy (non-hydrogen) atoms. The number of rotatable bonds is 3. The average molecular weight is 536 g/mol. The fourth-order valence-corrected chi connectivity index (χ4v) is 6.70. The Morgan fingerprint density at radius 1 is 0.452 bits per heavy atom. The fourth-order valence-electron chi connectivity index (χ4n) is 6.70. The van der Waals surface area contributed by atoms with E-state index < -0.39 is 0 Å². The van der Waals surface area contributed by atoms with E-state index in [1.165, 1.54) is 44.0 Å². The first-order valence-electron chi connectivity index (χ1n) is 14.3. The Morgan fingerprint density at radius 3 is 1.90 bits per heavy atom. The Labute approximate surface area is 243 Å². The van der Waals surface area contributed by atoms with Crippen LogP contribution >= 0.6 is 0 Å². The zero-order chi connectivity index (χ0) is 27.6. The predicted molar refractivity (Wildman–Crippen MR) is 175 cm³/mol. The van der Waals surface area contributed by atoms with Crippen molar-refractivity contribution in [3.05, 3.63) is 152 Å². The molecule has 3 heteroatoms. The van der Waals surface area contributed by atoms with Crippen LogP contribution in [0.15, 0.2) is 152 Å². The van der Waals surface area contributed by atoms with Gasteiger partial charge in [0.15, 0.2) is 0 Å². The number of anilines is 3. The van der Waals surface area contributed by atoms with Crippen molar-refractivity contribution in [1.82, 2.24) is 9.55 Å². The first-order valence-corrected chi connectivity index (χ1v) is 14.3. The average Bonchev–Trinajstić information content (AvgIpc) is 3.40. The Morgan fingerprint density at radius 2 is 1.10 bits per heavy atom. The molecule has 0 saturated heterocycles. The maximum Gasteiger partial charge on any atom is 0.0736 e. The molecule has 3 nitrogen and oxygen atoms in total. The van der Waals surface area contributed by atoms with E-state index in [4.69, 9.17) is 4.98 Å². The molecule has 0 aliphatic carbocycles. The predicted octanol–water partition coefficient (Wildman–Crippen LogP) is 10.4. The van der Waals surface area contributed by atoms with Gasteiger partial charge in [0.05, 0.1) is 33.6 Å². The zero-order valence-electron chi connectivity index (χ0n) is 22.8. The van der Waals surface area contributed by atoms with E-state index in [-0.39, 0.29) is 0 Å². The second kappa shape index (κ2) is 8.92. The number of benzene rings is 6. The van der Waals surface area contributed by atoms with Gasteiger partial charge in [0, 0.05) is 38.7 Å². The third kappa shape index (κ3) is 3.31. The van der Waals surface area contributed by atoms with Gasteiger partial charge in [-0.05, 0) is 60.2 Å². The van der Waals surface area contributed by atoms with Gasteiger partial charge in [-0.3, -0.25) is 0 Å². The maximum atomic E-state index is 5.15. The van der Waals surface area contributed by atoms with Crippen LogP contribution in [0.1, 0.15) is 0 Å². The first kappa shape index (κ1) is 23.1. The standard InChI is InChI=1S/C39H25N3/c1-2-12-26(13-3-1)34-25-32-31-18-6-9-22-37(31)42(38-23-11-19-33(40-34)39(32)38)28-15-10-14-27(24-28)41-35-20-7-4-16-29(35)30-17-5-8-21-36(30)41/h1-25H. The molecular weight excluding hydrogens is 510 g/mol. The minimum Gasteiger partial charge on any atom is -0.309 e. The number of fused-ring (bicyclic) bond motifs is 5. The van der Waals surface area contributed by atoms with Crippen LogP contribution in [0.2, 0.25) is 0 Å². The van der Waals surface area contributed by atoms with Crippen molar-refractivity contribution in [2.75, 3.05) is 4.90 Å². The van der Waals surface area contributed by atoms with Gasteiger partial charge in [0.25, 0.3) is 0 Å². The van der Waals surface area contributed by atoms with Gasteiger partial charge in [-0.25, -0.2) is 4.98 Å². The molecule has 0 N–H and O–H groups in total. The van der Waals surface area contributed by atoms with Crippen molar-refractivity contribution in [3.8, 4) is 28.1 Å². The third-order valence-electron chi connectivity index (χ3n) is 8.48. The van der Waals surface area contributed by atoms with E-state index in [0.717, 1.165) is 33.8 Å².